The number of nitrogens with one attached hydrogen (secondary N) is 1. The molecular formula is C13H24N2O2. The molecule has 2 aliphatic rings. The first-order valence-electron chi connectivity index (χ1n) is 6.95. The molecule has 0 heterocycles. The zero-order valence-corrected chi connectivity index (χ0v) is 10.5. The standard InChI is InChI=1S/C13H24N2O2/c16-10-9-15(12-3-1-2-4-12)13(17)7-8-14-11-5-6-11/h11-12,14,16H,1-10H2. The van der Waals surface area contributed by atoms with Gasteiger partial charge in [0.25, 0.3) is 0 Å². The van der Waals surface area contributed by atoms with Crippen molar-refractivity contribution in [3.63, 3.8) is 0 Å². The van der Waals surface area contributed by atoms with Crippen molar-refractivity contribution >= 4 is 5.91 Å². The lowest BCUT2D eigenvalue weighted by atomic mass is 10.2. The van der Waals surface area contributed by atoms with Gasteiger partial charge >= 0.3 is 0 Å². The minimum Gasteiger partial charge on any atom is -0.395 e. The number of hydrogen-bond acceptors (Lipinski definition) is 3. The summed E-state index contributed by atoms with van der Waals surface area (Å²) in [5.41, 5.74) is 0. The van der Waals surface area contributed by atoms with Crippen LogP contribution in [0.4, 0.5) is 0 Å². The Morgan fingerprint density at radius 1 is 1.24 bits per heavy atom. The maximum absolute atomic E-state index is 12.1. The molecule has 4 nitrogen and oxygen atoms in total. The Labute approximate surface area is 103 Å². The summed E-state index contributed by atoms with van der Waals surface area (Å²) in [4.78, 5) is 14.0. The SMILES string of the molecule is O=C(CCNC1CC1)N(CCO)C1CCCC1. The van der Waals surface area contributed by atoms with Crippen molar-refractivity contribution in [2.24, 2.45) is 0 Å². The highest BCUT2D eigenvalue weighted by atomic mass is 16.3. The number of carbonyl (C=O) groups excluding carboxylic acids is 1. The van der Waals surface area contributed by atoms with Gasteiger partial charge in [-0.1, -0.05) is 12.8 Å². The number of rotatable bonds is 7. The van der Waals surface area contributed by atoms with Gasteiger partial charge < -0.3 is 15.3 Å². The van der Waals surface area contributed by atoms with Gasteiger partial charge in [-0.05, 0) is 25.7 Å². The lowest BCUT2D eigenvalue weighted by Gasteiger charge is -2.28. The maximum Gasteiger partial charge on any atom is 0.224 e. The lowest BCUT2D eigenvalue weighted by Crippen LogP contribution is -2.41. The number of aliphatic hydroxyl groups is 1. The largest absolute Gasteiger partial charge is 0.395 e. The Bertz CT molecular complexity index is 248. The quantitative estimate of drug-likeness (QED) is 0.695. The third-order valence-electron chi connectivity index (χ3n) is 3.78. The van der Waals surface area contributed by atoms with E-state index in [1.807, 2.05) is 4.90 Å². The van der Waals surface area contributed by atoms with Crippen LogP contribution in [0.3, 0.4) is 0 Å². The van der Waals surface area contributed by atoms with E-state index in [0.717, 1.165) is 19.4 Å². The average Bonchev–Trinajstić information content (AvgIpc) is 2.99. The van der Waals surface area contributed by atoms with Crippen molar-refractivity contribution in [3.8, 4) is 0 Å². The molecule has 0 aromatic carbocycles. The molecule has 2 N–H and O–H groups in total. The third-order valence-corrected chi connectivity index (χ3v) is 3.78. The van der Waals surface area contributed by atoms with Crippen LogP contribution in [0.25, 0.3) is 0 Å². The summed E-state index contributed by atoms with van der Waals surface area (Å²) in [6, 6.07) is 1.05. The van der Waals surface area contributed by atoms with Gasteiger partial charge in [-0.15, -0.1) is 0 Å². The van der Waals surface area contributed by atoms with Crippen LogP contribution in [-0.2, 0) is 4.79 Å². The molecule has 0 spiro atoms. The number of amides is 1. The van der Waals surface area contributed by atoms with Crippen LogP contribution >= 0.6 is 0 Å². The van der Waals surface area contributed by atoms with E-state index in [1.54, 1.807) is 0 Å². The van der Waals surface area contributed by atoms with Gasteiger partial charge in [0.1, 0.15) is 0 Å². The van der Waals surface area contributed by atoms with Gasteiger partial charge in [-0.3, -0.25) is 4.79 Å². The van der Waals surface area contributed by atoms with E-state index >= 15 is 0 Å². The number of aliphatic hydroxyl groups excluding tert-OH is 1. The topological polar surface area (TPSA) is 52.6 Å². The summed E-state index contributed by atoms with van der Waals surface area (Å²) in [7, 11) is 0. The highest BCUT2D eigenvalue weighted by molar-refractivity contribution is 5.76. The molecule has 98 valence electrons. The molecule has 0 atom stereocenters. The van der Waals surface area contributed by atoms with Gasteiger partial charge in [-0.2, -0.15) is 0 Å². The van der Waals surface area contributed by atoms with Crippen molar-refractivity contribution in [2.45, 2.75) is 57.0 Å². The summed E-state index contributed by atoms with van der Waals surface area (Å²) in [5, 5.41) is 12.4. The van der Waals surface area contributed by atoms with Crippen LogP contribution < -0.4 is 5.32 Å². The molecule has 0 aromatic rings. The Hall–Kier alpha value is -0.610. The molecule has 0 aromatic heterocycles. The average molecular weight is 240 g/mol. The molecule has 0 saturated heterocycles. The molecule has 0 unspecified atom stereocenters. The fourth-order valence-electron chi connectivity index (χ4n) is 2.65. The van der Waals surface area contributed by atoms with E-state index in [9.17, 15) is 4.79 Å². The van der Waals surface area contributed by atoms with Gasteiger partial charge in [0, 0.05) is 31.6 Å². The summed E-state index contributed by atoms with van der Waals surface area (Å²) in [5.74, 6) is 0.208. The zero-order valence-electron chi connectivity index (χ0n) is 10.5. The Balaban J connectivity index is 1.74. The van der Waals surface area contributed by atoms with Crippen LogP contribution in [0.1, 0.15) is 44.9 Å². The molecule has 0 radical (unpaired) electrons. The van der Waals surface area contributed by atoms with Crippen LogP contribution in [0, 0.1) is 0 Å². The van der Waals surface area contributed by atoms with Crippen molar-refractivity contribution in [1.82, 2.24) is 10.2 Å². The Morgan fingerprint density at radius 2 is 1.94 bits per heavy atom. The van der Waals surface area contributed by atoms with E-state index in [4.69, 9.17) is 5.11 Å². The molecule has 1 amide bonds. The van der Waals surface area contributed by atoms with Crippen LogP contribution in [0.5, 0.6) is 0 Å². The van der Waals surface area contributed by atoms with Gasteiger partial charge in [-0.25, -0.2) is 0 Å². The molecule has 2 fully saturated rings. The monoisotopic (exact) mass is 240 g/mol. The summed E-state index contributed by atoms with van der Waals surface area (Å²) in [6.45, 7) is 1.38. The number of hydrogen-bond donors (Lipinski definition) is 2. The summed E-state index contributed by atoms with van der Waals surface area (Å²) < 4.78 is 0. The molecule has 2 aliphatic carbocycles. The van der Waals surface area contributed by atoms with Gasteiger partial charge in [0.05, 0.1) is 6.61 Å². The molecule has 0 aliphatic heterocycles. The predicted octanol–water partition coefficient (Wildman–Crippen LogP) is 0.892. The fourth-order valence-corrected chi connectivity index (χ4v) is 2.65. The van der Waals surface area contributed by atoms with Crippen LogP contribution in [-0.4, -0.2) is 47.7 Å². The number of carbonyl (C=O) groups is 1. The Kier molecular flexibility index (Phi) is 4.80. The highest BCUT2D eigenvalue weighted by Gasteiger charge is 2.26. The minimum atomic E-state index is 0.0816. The maximum atomic E-state index is 12.1. The van der Waals surface area contributed by atoms with E-state index in [0.29, 0.717) is 25.0 Å². The molecule has 17 heavy (non-hydrogen) atoms. The second-order valence-electron chi connectivity index (χ2n) is 5.23. The second kappa shape index (κ2) is 6.36. The van der Waals surface area contributed by atoms with Crippen molar-refractivity contribution in [1.29, 1.82) is 0 Å². The lowest BCUT2D eigenvalue weighted by molar-refractivity contribution is -0.133. The minimum absolute atomic E-state index is 0.0816. The second-order valence-corrected chi connectivity index (χ2v) is 5.23. The Morgan fingerprint density at radius 3 is 2.53 bits per heavy atom. The molecule has 4 heteroatoms. The summed E-state index contributed by atoms with van der Waals surface area (Å²) in [6.07, 6.45) is 7.77. The normalized spacial score (nSPS) is 20.8. The first-order chi connectivity index (χ1) is 8.31. The molecule has 2 rings (SSSR count). The zero-order chi connectivity index (χ0) is 12.1. The van der Waals surface area contributed by atoms with Crippen molar-refractivity contribution in [3.05, 3.63) is 0 Å². The third kappa shape index (κ3) is 3.96. The highest BCUT2D eigenvalue weighted by Crippen LogP contribution is 2.24. The summed E-state index contributed by atoms with van der Waals surface area (Å²) >= 11 is 0. The molecule has 2 saturated carbocycles. The first kappa shape index (κ1) is 12.8. The smallest absolute Gasteiger partial charge is 0.224 e. The first-order valence-corrected chi connectivity index (χ1v) is 6.95. The van der Waals surface area contributed by atoms with Gasteiger partial charge in [0.15, 0.2) is 0 Å². The van der Waals surface area contributed by atoms with Crippen LogP contribution in [0.15, 0.2) is 0 Å². The van der Waals surface area contributed by atoms with E-state index in [1.165, 1.54) is 25.7 Å². The van der Waals surface area contributed by atoms with Crippen molar-refractivity contribution in [2.75, 3.05) is 19.7 Å². The number of nitrogens with zero attached hydrogens (tertiary/aromatic N) is 1. The van der Waals surface area contributed by atoms with E-state index in [-0.39, 0.29) is 12.5 Å². The van der Waals surface area contributed by atoms with Gasteiger partial charge in [0.2, 0.25) is 5.91 Å². The molecular weight excluding hydrogens is 216 g/mol. The van der Waals surface area contributed by atoms with E-state index < -0.39 is 0 Å². The van der Waals surface area contributed by atoms with E-state index in [2.05, 4.69) is 5.32 Å². The molecule has 0 bridgehead atoms. The fraction of sp³-hybridized carbons (Fsp3) is 0.923. The van der Waals surface area contributed by atoms with Crippen LogP contribution in [0.2, 0.25) is 0 Å². The predicted molar refractivity (Wildman–Crippen MR) is 66.7 cm³/mol. The van der Waals surface area contributed by atoms with Crippen molar-refractivity contribution < 1.29 is 9.90 Å².